The van der Waals surface area contributed by atoms with Crippen molar-refractivity contribution < 1.29 is 28.6 Å². The van der Waals surface area contributed by atoms with Gasteiger partial charge in [-0.2, -0.15) is 0 Å². The quantitative estimate of drug-likeness (QED) is 0.0261. The fourth-order valence-corrected chi connectivity index (χ4v) is 11.1. The summed E-state index contributed by atoms with van der Waals surface area (Å²) in [5.74, 6) is -0.847. The number of carbonyl (C=O) groups is 3. The third kappa shape index (κ3) is 68.3. The lowest BCUT2D eigenvalue weighted by Crippen LogP contribution is -2.30. The lowest BCUT2D eigenvalue weighted by atomic mass is 10.0. The molecule has 1 unspecified atom stereocenters. The molecular weight excluding hydrogens is 997 g/mol. The normalized spacial score (nSPS) is 12.2. The summed E-state index contributed by atoms with van der Waals surface area (Å²) < 4.78 is 17.0. The Morgan fingerprint density at radius 3 is 0.716 bits per heavy atom. The van der Waals surface area contributed by atoms with Crippen LogP contribution in [0.5, 0.6) is 0 Å². The van der Waals surface area contributed by atoms with Crippen molar-refractivity contribution in [1.29, 1.82) is 0 Å². The maximum atomic E-state index is 13.0. The van der Waals surface area contributed by atoms with Crippen LogP contribution in [0.2, 0.25) is 0 Å². The molecule has 0 heterocycles. The zero-order chi connectivity index (χ0) is 58.5. The molecule has 1 atom stereocenters. The fourth-order valence-electron chi connectivity index (χ4n) is 11.1. The van der Waals surface area contributed by atoms with Crippen molar-refractivity contribution in [1.82, 2.24) is 0 Å². The third-order valence-electron chi connectivity index (χ3n) is 16.6. The van der Waals surface area contributed by atoms with Crippen LogP contribution in [0, 0.1) is 0 Å². The van der Waals surface area contributed by atoms with E-state index in [1.165, 1.54) is 295 Å². The summed E-state index contributed by atoms with van der Waals surface area (Å²) in [6.45, 7) is 6.69. The van der Waals surface area contributed by atoms with E-state index >= 15 is 0 Å². The first-order chi connectivity index (χ1) is 40.0. The Morgan fingerprint density at radius 1 is 0.247 bits per heavy atom. The molecule has 0 aromatic heterocycles. The van der Waals surface area contributed by atoms with Crippen LogP contribution in [0.4, 0.5) is 0 Å². The zero-order valence-electron chi connectivity index (χ0n) is 54.8. The van der Waals surface area contributed by atoms with Crippen LogP contribution in [0.25, 0.3) is 0 Å². The molecule has 0 radical (unpaired) electrons. The van der Waals surface area contributed by atoms with E-state index in [1.807, 2.05) is 0 Å². The van der Waals surface area contributed by atoms with E-state index in [1.54, 1.807) is 0 Å². The van der Waals surface area contributed by atoms with Gasteiger partial charge in [0.25, 0.3) is 0 Å². The third-order valence-corrected chi connectivity index (χ3v) is 16.6. The Bertz CT molecular complexity index is 1350. The predicted molar refractivity (Wildman–Crippen MR) is 353 cm³/mol. The van der Waals surface area contributed by atoms with Crippen LogP contribution < -0.4 is 0 Å². The van der Waals surface area contributed by atoms with Crippen LogP contribution in [0.1, 0.15) is 406 Å². The molecule has 0 aromatic carbocycles. The van der Waals surface area contributed by atoms with Crippen LogP contribution in [-0.4, -0.2) is 37.2 Å². The summed E-state index contributed by atoms with van der Waals surface area (Å²) in [5, 5.41) is 0. The van der Waals surface area contributed by atoms with Crippen LogP contribution >= 0.6 is 0 Å². The maximum Gasteiger partial charge on any atom is 0.306 e. The maximum absolute atomic E-state index is 13.0. The van der Waals surface area contributed by atoms with Gasteiger partial charge in [-0.25, -0.2) is 0 Å². The molecule has 0 bridgehead atoms. The van der Waals surface area contributed by atoms with Crippen molar-refractivity contribution in [3.8, 4) is 0 Å². The molecule has 0 spiro atoms. The van der Waals surface area contributed by atoms with E-state index in [4.69, 9.17) is 14.2 Å². The molecular formula is C75H140O6. The topological polar surface area (TPSA) is 78.9 Å². The minimum atomic E-state index is -0.775. The monoisotopic (exact) mass is 1140 g/mol. The highest BCUT2D eigenvalue weighted by atomic mass is 16.6. The number of hydrogen-bond acceptors (Lipinski definition) is 6. The van der Waals surface area contributed by atoms with Gasteiger partial charge < -0.3 is 14.2 Å². The molecule has 0 aliphatic heterocycles. The summed E-state index contributed by atoms with van der Waals surface area (Å²) in [6.07, 6.45) is 87.5. The predicted octanol–water partition coefficient (Wildman–Crippen LogP) is 25.1. The molecule has 0 saturated carbocycles. The summed E-state index contributed by atoms with van der Waals surface area (Å²) in [4.78, 5) is 38.5. The molecule has 0 fully saturated rings. The molecule has 6 heteroatoms. The summed E-state index contributed by atoms with van der Waals surface area (Å²) >= 11 is 0. The molecule has 81 heavy (non-hydrogen) atoms. The Morgan fingerprint density at radius 2 is 0.444 bits per heavy atom. The largest absolute Gasteiger partial charge is 0.462 e. The van der Waals surface area contributed by atoms with E-state index in [0.29, 0.717) is 19.3 Å². The smallest absolute Gasteiger partial charge is 0.306 e. The van der Waals surface area contributed by atoms with Gasteiger partial charge in [0, 0.05) is 19.3 Å². The molecule has 0 aliphatic rings. The van der Waals surface area contributed by atoms with Gasteiger partial charge in [-0.05, 0) is 77.0 Å². The SMILES string of the molecule is CCCCC/C=C\C/C=C\CCCCCCCCCC(=O)OCC(COC(=O)CCCCCCCCCCCCC/C=C\CCCCCCCCCC)OC(=O)CCCCCCCCCCCCCCCCCCCCCCCCC. The number of esters is 3. The molecule has 0 saturated heterocycles. The van der Waals surface area contributed by atoms with Crippen molar-refractivity contribution in [2.45, 2.75) is 412 Å². The number of unbranched alkanes of at least 4 members (excludes halogenated alkanes) is 51. The van der Waals surface area contributed by atoms with Crippen LogP contribution in [-0.2, 0) is 28.6 Å². The van der Waals surface area contributed by atoms with Gasteiger partial charge in [-0.15, -0.1) is 0 Å². The van der Waals surface area contributed by atoms with E-state index in [0.717, 1.165) is 70.6 Å². The fraction of sp³-hybridized carbons (Fsp3) is 0.880. The first-order valence-electron chi connectivity index (χ1n) is 36.5. The van der Waals surface area contributed by atoms with E-state index in [9.17, 15) is 14.4 Å². The lowest BCUT2D eigenvalue weighted by Gasteiger charge is -2.18. The first-order valence-corrected chi connectivity index (χ1v) is 36.5. The number of ether oxygens (including phenoxy) is 3. The highest BCUT2D eigenvalue weighted by Gasteiger charge is 2.19. The van der Waals surface area contributed by atoms with Crippen molar-refractivity contribution in [2.24, 2.45) is 0 Å². The van der Waals surface area contributed by atoms with E-state index in [-0.39, 0.29) is 31.1 Å². The molecule has 0 amide bonds. The van der Waals surface area contributed by atoms with E-state index < -0.39 is 6.10 Å². The molecule has 0 aromatic rings. The number of carbonyl (C=O) groups excluding carboxylic acids is 3. The molecule has 0 aliphatic carbocycles. The Kier molecular flexibility index (Phi) is 68.1. The molecule has 6 nitrogen and oxygen atoms in total. The highest BCUT2D eigenvalue weighted by Crippen LogP contribution is 2.19. The lowest BCUT2D eigenvalue weighted by molar-refractivity contribution is -0.167. The summed E-state index contributed by atoms with van der Waals surface area (Å²) in [6, 6.07) is 0. The average Bonchev–Trinajstić information content (AvgIpc) is 3.47. The van der Waals surface area contributed by atoms with Crippen LogP contribution in [0.15, 0.2) is 36.5 Å². The molecule has 476 valence electrons. The number of rotatable bonds is 68. The van der Waals surface area contributed by atoms with Gasteiger partial charge in [-0.1, -0.05) is 346 Å². The second-order valence-corrected chi connectivity index (χ2v) is 24.9. The average molecular weight is 1140 g/mol. The Hall–Kier alpha value is -2.37. The number of allylic oxidation sites excluding steroid dienone is 6. The zero-order valence-corrected chi connectivity index (χ0v) is 54.8. The number of hydrogen-bond donors (Lipinski definition) is 0. The van der Waals surface area contributed by atoms with Gasteiger partial charge in [0.2, 0.25) is 0 Å². The standard InChI is InChI=1S/C75H140O6/c1-4-7-10-13-16-19-22-25-28-31-33-35-37-39-41-44-47-50-53-56-59-62-65-68-74(77)80-71-72(70-79-73(76)67-64-61-58-55-52-49-46-43-30-27-24-21-18-15-12-9-6-3)81-75(78)69-66-63-60-57-54-51-48-45-42-40-38-36-34-32-29-26-23-20-17-14-11-8-5-2/h18,21,27,30-31,33,72H,4-17,19-20,22-26,28-29,32,34-71H2,1-3H3/b21-18-,30-27-,33-31-. The van der Waals surface area contributed by atoms with Gasteiger partial charge in [-0.3, -0.25) is 14.4 Å². The minimum absolute atomic E-state index is 0.0702. The van der Waals surface area contributed by atoms with Crippen molar-refractivity contribution in [2.75, 3.05) is 13.2 Å². The Labute approximate surface area is 506 Å². The molecule has 0 rings (SSSR count). The van der Waals surface area contributed by atoms with Crippen molar-refractivity contribution >= 4 is 17.9 Å². The Balaban J connectivity index is 4.29. The molecule has 0 N–H and O–H groups in total. The van der Waals surface area contributed by atoms with Gasteiger partial charge in [0.15, 0.2) is 6.10 Å². The van der Waals surface area contributed by atoms with Gasteiger partial charge >= 0.3 is 17.9 Å². The van der Waals surface area contributed by atoms with Gasteiger partial charge in [0.1, 0.15) is 13.2 Å². The first kappa shape index (κ1) is 78.6. The van der Waals surface area contributed by atoms with Crippen LogP contribution in [0.3, 0.4) is 0 Å². The highest BCUT2D eigenvalue weighted by molar-refractivity contribution is 5.71. The summed E-state index contributed by atoms with van der Waals surface area (Å²) in [7, 11) is 0. The van der Waals surface area contributed by atoms with Gasteiger partial charge in [0.05, 0.1) is 0 Å². The summed E-state index contributed by atoms with van der Waals surface area (Å²) in [5.41, 5.74) is 0. The second kappa shape index (κ2) is 70.1. The minimum Gasteiger partial charge on any atom is -0.462 e. The van der Waals surface area contributed by atoms with E-state index in [2.05, 4.69) is 57.2 Å². The second-order valence-electron chi connectivity index (χ2n) is 24.9. The van der Waals surface area contributed by atoms with Crippen molar-refractivity contribution in [3.05, 3.63) is 36.5 Å². The van der Waals surface area contributed by atoms with Crippen molar-refractivity contribution in [3.63, 3.8) is 0 Å².